The predicted octanol–water partition coefficient (Wildman–Crippen LogP) is 2.96. The zero-order valence-corrected chi connectivity index (χ0v) is 11.1. The molecule has 0 aromatic heterocycles. The van der Waals surface area contributed by atoms with Gasteiger partial charge in [-0.3, -0.25) is 4.79 Å². The summed E-state index contributed by atoms with van der Waals surface area (Å²) in [5.74, 6) is -1.16. The first-order chi connectivity index (χ1) is 8.58. The standard InChI is InChI=1S/C15H21NO2/c1-4-10-16(11-12(3)15(17)18)14-8-6-13(5-2)7-9-14/h4,6-9,12H,1,5,10-11H2,2-3H3,(H,17,18). The molecule has 0 fully saturated rings. The quantitative estimate of drug-likeness (QED) is 0.753. The van der Waals surface area contributed by atoms with Gasteiger partial charge in [0.2, 0.25) is 0 Å². The lowest BCUT2D eigenvalue weighted by molar-refractivity contribution is -0.140. The summed E-state index contributed by atoms with van der Waals surface area (Å²) < 4.78 is 0. The second-order valence-electron chi connectivity index (χ2n) is 4.45. The lowest BCUT2D eigenvalue weighted by Gasteiger charge is -2.25. The minimum atomic E-state index is -0.769. The third kappa shape index (κ3) is 3.91. The Morgan fingerprint density at radius 1 is 1.44 bits per heavy atom. The molecule has 1 N–H and O–H groups in total. The molecule has 3 nitrogen and oxygen atoms in total. The number of aliphatic carboxylic acids is 1. The Hall–Kier alpha value is -1.77. The van der Waals surface area contributed by atoms with E-state index in [9.17, 15) is 4.79 Å². The van der Waals surface area contributed by atoms with Crippen molar-refractivity contribution in [2.24, 2.45) is 5.92 Å². The lowest BCUT2D eigenvalue weighted by atomic mass is 10.1. The van der Waals surface area contributed by atoms with Gasteiger partial charge in [-0.25, -0.2) is 0 Å². The van der Waals surface area contributed by atoms with Crippen LogP contribution in [0.3, 0.4) is 0 Å². The van der Waals surface area contributed by atoms with E-state index in [1.165, 1.54) is 5.56 Å². The molecule has 0 aliphatic heterocycles. The summed E-state index contributed by atoms with van der Waals surface area (Å²) in [7, 11) is 0. The number of benzene rings is 1. The lowest BCUT2D eigenvalue weighted by Crippen LogP contribution is -2.31. The molecule has 0 aliphatic carbocycles. The van der Waals surface area contributed by atoms with E-state index in [2.05, 4.69) is 25.6 Å². The van der Waals surface area contributed by atoms with Crippen LogP contribution in [0.1, 0.15) is 19.4 Å². The van der Waals surface area contributed by atoms with Crippen LogP contribution >= 0.6 is 0 Å². The molecule has 0 saturated carbocycles. The molecular weight excluding hydrogens is 226 g/mol. The van der Waals surface area contributed by atoms with Crippen molar-refractivity contribution in [3.63, 3.8) is 0 Å². The highest BCUT2D eigenvalue weighted by atomic mass is 16.4. The molecule has 0 radical (unpaired) electrons. The molecular formula is C15H21NO2. The highest BCUT2D eigenvalue weighted by molar-refractivity contribution is 5.70. The number of anilines is 1. The van der Waals surface area contributed by atoms with E-state index in [1.54, 1.807) is 13.0 Å². The van der Waals surface area contributed by atoms with E-state index >= 15 is 0 Å². The topological polar surface area (TPSA) is 40.5 Å². The highest BCUT2D eigenvalue weighted by Crippen LogP contribution is 2.17. The van der Waals surface area contributed by atoms with E-state index in [0.29, 0.717) is 13.1 Å². The second kappa shape index (κ2) is 6.84. The molecule has 98 valence electrons. The van der Waals surface area contributed by atoms with Gasteiger partial charge in [0.05, 0.1) is 5.92 Å². The second-order valence-corrected chi connectivity index (χ2v) is 4.45. The van der Waals surface area contributed by atoms with Crippen LogP contribution in [0.2, 0.25) is 0 Å². The average Bonchev–Trinajstić information content (AvgIpc) is 2.38. The predicted molar refractivity (Wildman–Crippen MR) is 75.0 cm³/mol. The minimum absolute atomic E-state index is 0.393. The number of nitrogens with zero attached hydrogens (tertiary/aromatic N) is 1. The summed E-state index contributed by atoms with van der Waals surface area (Å²) in [6.45, 7) is 8.71. The molecule has 0 aliphatic rings. The van der Waals surface area contributed by atoms with E-state index in [4.69, 9.17) is 5.11 Å². The van der Waals surface area contributed by atoms with Crippen molar-refractivity contribution in [2.75, 3.05) is 18.0 Å². The van der Waals surface area contributed by atoms with Gasteiger partial charge in [0, 0.05) is 18.8 Å². The van der Waals surface area contributed by atoms with Gasteiger partial charge in [-0.05, 0) is 24.1 Å². The van der Waals surface area contributed by atoms with E-state index in [0.717, 1.165) is 12.1 Å². The smallest absolute Gasteiger partial charge is 0.308 e. The van der Waals surface area contributed by atoms with Crippen molar-refractivity contribution < 1.29 is 9.90 Å². The molecule has 0 saturated heterocycles. The first-order valence-electron chi connectivity index (χ1n) is 6.26. The third-order valence-corrected chi connectivity index (χ3v) is 2.98. The van der Waals surface area contributed by atoms with Crippen LogP contribution in [0, 0.1) is 5.92 Å². The number of hydrogen-bond donors (Lipinski definition) is 1. The molecule has 18 heavy (non-hydrogen) atoms. The zero-order chi connectivity index (χ0) is 13.5. The Bertz CT molecular complexity index is 397. The van der Waals surface area contributed by atoms with Crippen LogP contribution in [-0.2, 0) is 11.2 Å². The van der Waals surface area contributed by atoms with Crippen LogP contribution in [0.4, 0.5) is 5.69 Å². The van der Waals surface area contributed by atoms with Crippen molar-refractivity contribution in [2.45, 2.75) is 20.3 Å². The number of carboxylic acid groups (broad SMARTS) is 1. The molecule has 3 heteroatoms. The number of rotatable bonds is 7. The summed E-state index contributed by atoms with van der Waals surface area (Å²) in [5, 5.41) is 8.98. The molecule has 1 atom stereocenters. The highest BCUT2D eigenvalue weighted by Gasteiger charge is 2.15. The Kier molecular flexibility index (Phi) is 5.43. The molecule has 0 bridgehead atoms. The van der Waals surface area contributed by atoms with Crippen LogP contribution < -0.4 is 4.90 Å². The van der Waals surface area contributed by atoms with E-state index in [1.807, 2.05) is 17.0 Å². The van der Waals surface area contributed by atoms with Crippen molar-refractivity contribution in [1.29, 1.82) is 0 Å². The molecule has 0 amide bonds. The third-order valence-electron chi connectivity index (χ3n) is 2.98. The van der Waals surface area contributed by atoms with E-state index in [-0.39, 0.29) is 0 Å². The largest absolute Gasteiger partial charge is 0.481 e. The van der Waals surface area contributed by atoms with Crippen molar-refractivity contribution in [3.8, 4) is 0 Å². The minimum Gasteiger partial charge on any atom is -0.481 e. The van der Waals surface area contributed by atoms with Gasteiger partial charge < -0.3 is 10.0 Å². The van der Waals surface area contributed by atoms with Crippen LogP contribution in [-0.4, -0.2) is 24.2 Å². The van der Waals surface area contributed by atoms with Gasteiger partial charge in [-0.1, -0.05) is 32.1 Å². The van der Waals surface area contributed by atoms with Crippen LogP contribution in [0.25, 0.3) is 0 Å². The average molecular weight is 247 g/mol. The van der Waals surface area contributed by atoms with Crippen LogP contribution in [0.5, 0.6) is 0 Å². The van der Waals surface area contributed by atoms with Gasteiger partial charge >= 0.3 is 5.97 Å². The summed E-state index contributed by atoms with van der Waals surface area (Å²) >= 11 is 0. The molecule has 1 aromatic carbocycles. The fourth-order valence-electron chi connectivity index (χ4n) is 1.79. The van der Waals surface area contributed by atoms with Gasteiger partial charge in [-0.2, -0.15) is 0 Å². The number of carboxylic acids is 1. The maximum Gasteiger partial charge on any atom is 0.308 e. The zero-order valence-electron chi connectivity index (χ0n) is 11.1. The first-order valence-corrected chi connectivity index (χ1v) is 6.26. The van der Waals surface area contributed by atoms with Gasteiger partial charge in [-0.15, -0.1) is 6.58 Å². The fraction of sp³-hybridized carbons (Fsp3) is 0.400. The van der Waals surface area contributed by atoms with Gasteiger partial charge in [0.1, 0.15) is 0 Å². The Labute approximate surface area is 109 Å². The summed E-state index contributed by atoms with van der Waals surface area (Å²) in [5.41, 5.74) is 2.32. The number of hydrogen-bond acceptors (Lipinski definition) is 2. The van der Waals surface area contributed by atoms with E-state index < -0.39 is 11.9 Å². The summed E-state index contributed by atoms with van der Waals surface area (Å²) in [6, 6.07) is 8.24. The molecule has 1 aromatic rings. The summed E-state index contributed by atoms with van der Waals surface area (Å²) in [6.07, 6.45) is 2.80. The SMILES string of the molecule is C=CCN(CC(C)C(=O)O)c1ccc(CC)cc1. The number of aryl methyl sites for hydroxylation is 1. The summed E-state index contributed by atoms with van der Waals surface area (Å²) in [4.78, 5) is 13.0. The van der Waals surface area contributed by atoms with Crippen molar-refractivity contribution >= 4 is 11.7 Å². The molecule has 1 unspecified atom stereocenters. The van der Waals surface area contributed by atoms with Gasteiger partial charge in [0.15, 0.2) is 0 Å². The monoisotopic (exact) mass is 247 g/mol. The Morgan fingerprint density at radius 2 is 2.06 bits per heavy atom. The Balaban J connectivity index is 2.82. The molecule has 0 spiro atoms. The maximum atomic E-state index is 10.9. The van der Waals surface area contributed by atoms with Crippen molar-refractivity contribution in [3.05, 3.63) is 42.5 Å². The normalized spacial score (nSPS) is 11.9. The Morgan fingerprint density at radius 3 is 2.50 bits per heavy atom. The maximum absolute atomic E-state index is 10.9. The first kappa shape index (κ1) is 14.3. The molecule has 1 rings (SSSR count). The van der Waals surface area contributed by atoms with Crippen LogP contribution in [0.15, 0.2) is 36.9 Å². The molecule has 0 heterocycles. The fourth-order valence-corrected chi connectivity index (χ4v) is 1.79. The van der Waals surface area contributed by atoms with Gasteiger partial charge in [0.25, 0.3) is 0 Å². The number of carbonyl (C=O) groups is 1. The van der Waals surface area contributed by atoms with Crippen molar-refractivity contribution in [1.82, 2.24) is 0 Å².